The van der Waals surface area contributed by atoms with Crippen LogP contribution in [0.15, 0.2) is 0 Å². The first-order valence-electron chi connectivity index (χ1n) is 6.33. The third kappa shape index (κ3) is 5.74. The summed E-state index contributed by atoms with van der Waals surface area (Å²) in [4.78, 5) is 0. The molecule has 0 atom stereocenters. The number of hydrogen-bond donors (Lipinski definition) is 1. The maximum absolute atomic E-state index is 5.01. The van der Waals surface area contributed by atoms with E-state index in [1.807, 2.05) is 4.68 Å². The van der Waals surface area contributed by atoms with Crippen LogP contribution in [0.1, 0.15) is 38.4 Å². The van der Waals surface area contributed by atoms with Crippen LogP contribution in [0.2, 0.25) is 0 Å². The molecule has 1 N–H and O–H groups in total. The van der Waals surface area contributed by atoms with E-state index in [0.29, 0.717) is 0 Å². The van der Waals surface area contributed by atoms with Crippen molar-refractivity contribution in [3.05, 3.63) is 5.82 Å². The summed E-state index contributed by atoms with van der Waals surface area (Å²) in [5.74, 6) is 0.921. The zero-order valence-electron chi connectivity index (χ0n) is 10.9. The highest BCUT2D eigenvalue weighted by atomic mass is 16.5. The second-order valence-electron chi connectivity index (χ2n) is 4.05. The molecule has 6 heteroatoms. The van der Waals surface area contributed by atoms with Gasteiger partial charge in [0.2, 0.25) is 0 Å². The number of aryl methyl sites for hydroxylation is 1. The highest BCUT2D eigenvalue weighted by Gasteiger charge is 2.04. The molecule has 0 radical (unpaired) electrons. The molecule has 0 saturated heterocycles. The molecule has 0 bridgehead atoms. The number of hydrogen-bond acceptors (Lipinski definition) is 5. The van der Waals surface area contributed by atoms with Gasteiger partial charge in [-0.25, -0.2) is 4.68 Å². The van der Waals surface area contributed by atoms with E-state index in [9.17, 15) is 0 Å². The predicted octanol–water partition coefficient (Wildman–Crippen LogP) is 0.989. The molecular formula is C11H23N5O. The Labute approximate surface area is 103 Å². The summed E-state index contributed by atoms with van der Waals surface area (Å²) in [7, 11) is 1.73. The fourth-order valence-corrected chi connectivity index (χ4v) is 1.59. The first-order chi connectivity index (χ1) is 8.38. The maximum atomic E-state index is 5.01. The standard InChI is InChI=1S/C11H23N5O/c1-3-7-12-10-11-13-14-15-16(11)8-5-4-6-9-17-2/h12H,3-10H2,1-2H3. The van der Waals surface area contributed by atoms with Crippen molar-refractivity contribution in [1.82, 2.24) is 25.5 Å². The van der Waals surface area contributed by atoms with Crippen molar-refractivity contribution in [3.63, 3.8) is 0 Å². The van der Waals surface area contributed by atoms with Crippen LogP contribution in [-0.2, 0) is 17.8 Å². The summed E-state index contributed by atoms with van der Waals surface area (Å²) in [6, 6.07) is 0. The van der Waals surface area contributed by atoms with Crippen LogP contribution in [0.3, 0.4) is 0 Å². The minimum Gasteiger partial charge on any atom is -0.385 e. The summed E-state index contributed by atoms with van der Waals surface area (Å²) in [6.07, 6.45) is 4.46. The quantitative estimate of drug-likeness (QED) is 0.619. The molecule has 1 aromatic rings. The van der Waals surface area contributed by atoms with Gasteiger partial charge in [0.05, 0.1) is 6.54 Å². The SMILES string of the molecule is CCCNCc1nnnn1CCCCCOC. The van der Waals surface area contributed by atoms with E-state index in [4.69, 9.17) is 4.74 Å². The van der Waals surface area contributed by atoms with E-state index in [1.165, 1.54) is 0 Å². The molecular weight excluding hydrogens is 218 g/mol. The van der Waals surface area contributed by atoms with Crippen LogP contribution in [0, 0.1) is 0 Å². The van der Waals surface area contributed by atoms with Crippen molar-refractivity contribution in [3.8, 4) is 0 Å². The number of nitrogens with zero attached hydrogens (tertiary/aromatic N) is 4. The fourth-order valence-electron chi connectivity index (χ4n) is 1.59. The smallest absolute Gasteiger partial charge is 0.165 e. The molecule has 0 aliphatic rings. The van der Waals surface area contributed by atoms with Crippen LogP contribution in [-0.4, -0.2) is 40.5 Å². The van der Waals surface area contributed by atoms with Crippen molar-refractivity contribution in [2.24, 2.45) is 0 Å². The lowest BCUT2D eigenvalue weighted by Crippen LogP contribution is -2.18. The van der Waals surface area contributed by atoms with Gasteiger partial charge in [-0.3, -0.25) is 0 Å². The fraction of sp³-hybridized carbons (Fsp3) is 0.909. The number of rotatable bonds is 10. The Balaban J connectivity index is 2.20. The Hall–Kier alpha value is -1.01. The van der Waals surface area contributed by atoms with Crippen molar-refractivity contribution in [2.75, 3.05) is 20.3 Å². The average molecular weight is 241 g/mol. The Morgan fingerprint density at radius 2 is 2.18 bits per heavy atom. The number of nitrogens with one attached hydrogen (secondary N) is 1. The average Bonchev–Trinajstić information content (AvgIpc) is 2.77. The summed E-state index contributed by atoms with van der Waals surface area (Å²) < 4.78 is 6.90. The molecule has 0 fully saturated rings. The summed E-state index contributed by atoms with van der Waals surface area (Å²) in [5.41, 5.74) is 0. The molecule has 6 nitrogen and oxygen atoms in total. The molecule has 1 heterocycles. The van der Waals surface area contributed by atoms with Crippen molar-refractivity contribution in [1.29, 1.82) is 0 Å². The van der Waals surface area contributed by atoms with E-state index in [1.54, 1.807) is 7.11 Å². The van der Waals surface area contributed by atoms with Gasteiger partial charge in [-0.1, -0.05) is 6.92 Å². The van der Waals surface area contributed by atoms with Crippen LogP contribution < -0.4 is 5.32 Å². The Bertz CT molecular complexity index is 289. The summed E-state index contributed by atoms with van der Waals surface area (Å²) in [6.45, 7) is 5.62. The lowest BCUT2D eigenvalue weighted by atomic mass is 10.2. The van der Waals surface area contributed by atoms with E-state index in [0.717, 1.165) is 57.7 Å². The molecule has 0 amide bonds. The van der Waals surface area contributed by atoms with Gasteiger partial charge in [-0.2, -0.15) is 0 Å². The maximum Gasteiger partial charge on any atom is 0.165 e. The zero-order chi connectivity index (χ0) is 12.3. The monoisotopic (exact) mass is 241 g/mol. The molecule has 0 aliphatic heterocycles. The van der Waals surface area contributed by atoms with Gasteiger partial charge < -0.3 is 10.1 Å². The highest BCUT2D eigenvalue weighted by Crippen LogP contribution is 2.00. The second kappa shape index (κ2) is 9.07. The minimum absolute atomic E-state index is 0.749. The lowest BCUT2D eigenvalue weighted by molar-refractivity contribution is 0.191. The molecule has 17 heavy (non-hydrogen) atoms. The number of ether oxygens (including phenoxy) is 1. The Kier molecular flexibility index (Phi) is 7.49. The summed E-state index contributed by atoms with van der Waals surface area (Å²) in [5, 5.41) is 15.0. The predicted molar refractivity (Wildman–Crippen MR) is 65.5 cm³/mol. The Morgan fingerprint density at radius 3 is 2.94 bits per heavy atom. The van der Waals surface area contributed by atoms with Gasteiger partial charge in [-0.05, 0) is 42.7 Å². The number of aromatic nitrogens is 4. The molecule has 0 saturated carbocycles. The van der Waals surface area contributed by atoms with Crippen LogP contribution in [0.5, 0.6) is 0 Å². The largest absolute Gasteiger partial charge is 0.385 e. The lowest BCUT2D eigenvalue weighted by Gasteiger charge is -2.05. The van der Waals surface area contributed by atoms with E-state index >= 15 is 0 Å². The van der Waals surface area contributed by atoms with E-state index in [2.05, 4.69) is 27.8 Å². The molecule has 0 aliphatic carbocycles. The van der Waals surface area contributed by atoms with E-state index < -0.39 is 0 Å². The van der Waals surface area contributed by atoms with Gasteiger partial charge in [-0.15, -0.1) is 5.10 Å². The van der Waals surface area contributed by atoms with Gasteiger partial charge in [0, 0.05) is 20.3 Å². The summed E-state index contributed by atoms with van der Waals surface area (Å²) >= 11 is 0. The minimum atomic E-state index is 0.749. The molecule has 0 unspecified atom stereocenters. The molecule has 98 valence electrons. The Morgan fingerprint density at radius 1 is 1.29 bits per heavy atom. The van der Waals surface area contributed by atoms with Crippen LogP contribution in [0.25, 0.3) is 0 Å². The van der Waals surface area contributed by atoms with Gasteiger partial charge in [0.15, 0.2) is 5.82 Å². The normalized spacial score (nSPS) is 10.9. The third-order valence-corrected chi connectivity index (χ3v) is 2.53. The van der Waals surface area contributed by atoms with Gasteiger partial charge >= 0.3 is 0 Å². The van der Waals surface area contributed by atoms with Gasteiger partial charge in [0.1, 0.15) is 0 Å². The number of unbranched alkanes of at least 4 members (excludes halogenated alkanes) is 2. The topological polar surface area (TPSA) is 64.9 Å². The first kappa shape index (κ1) is 14.1. The van der Waals surface area contributed by atoms with Crippen molar-refractivity contribution in [2.45, 2.75) is 45.7 Å². The molecule has 0 spiro atoms. The highest BCUT2D eigenvalue weighted by molar-refractivity contribution is 4.79. The second-order valence-corrected chi connectivity index (χ2v) is 4.05. The zero-order valence-corrected chi connectivity index (χ0v) is 10.9. The van der Waals surface area contributed by atoms with Gasteiger partial charge in [0.25, 0.3) is 0 Å². The number of methoxy groups -OCH3 is 1. The first-order valence-corrected chi connectivity index (χ1v) is 6.33. The molecule has 0 aromatic carbocycles. The third-order valence-electron chi connectivity index (χ3n) is 2.53. The van der Waals surface area contributed by atoms with Crippen LogP contribution >= 0.6 is 0 Å². The van der Waals surface area contributed by atoms with E-state index in [-0.39, 0.29) is 0 Å². The van der Waals surface area contributed by atoms with Crippen molar-refractivity contribution < 1.29 is 4.74 Å². The molecule has 1 rings (SSSR count). The van der Waals surface area contributed by atoms with Crippen LogP contribution in [0.4, 0.5) is 0 Å². The molecule has 1 aromatic heterocycles. The van der Waals surface area contributed by atoms with Crippen molar-refractivity contribution >= 4 is 0 Å². The number of tetrazole rings is 1.